The van der Waals surface area contributed by atoms with Crippen LogP contribution in [0.3, 0.4) is 0 Å². The number of aromatic nitrogens is 1. The molecule has 2 aromatic rings. The number of carboxylic acid groups (broad SMARTS) is 1. The molecule has 3 heterocycles. The standard InChI is InChI=1S/C16H21N3O3S2/c1-3-18(4-2)16-17-13-11(24-16)8-12(23-13)14(20)19-7-5-6-10(9-19)15(21)22/h8,10H,3-7,9H2,1-2H3,(H,21,22). The lowest BCUT2D eigenvalue weighted by atomic mass is 9.98. The molecule has 1 N–H and O–H groups in total. The first-order chi connectivity index (χ1) is 11.5. The van der Waals surface area contributed by atoms with Gasteiger partial charge in [-0.15, -0.1) is 11.3 Å². The number of thiazole rings is 1. The molecule has 0 aliphatic carbocycles. The lowest BCUT2D eigenvalue weighted by molar-refractivity contribution is -0.143. The fourth-order valence-electron chi connectivity index (χ4n) is 2.98. The molecule has 6 nitrogen and oxygen atoms in total. The number of fused-ring (bicyclic) bond motifs is 1. The van der Waals surface area contributed by atoms with Crippen LogP contribution in [0.1, 0.15) is 36.4 Å². The van der Waals surface area contributed by atoms with Gasteiger partial charge in [0.05, 0.1) is 15.5 Å². The molecular weight excluding hydrogens is 346 g/mol. The van der Waals surface area contributed by atoms with Crippen LogP contribution in [0.4, 0.5) is 5.13 Å². The Morgan fingerprint density at radius 3 is 2.75 bits per heavy atom. The molecule has 130 valence electrons. The molecule has 0 aromatic carbocycles. The highest BCUT2D eigenvalue weighted by molar-refractivity contribution is 7.29. The SMILES string of the molecule is CCN(CC)c1nc2sc(C(=O)N3CCCC(C(=O)O)C3)cc2s1. The fourth-order valence-corrected chi connectivity index (χ4v) is 5.28. The highest BCUT2D eigenvalue weighted by Crippen LogP contribution is 2.35. The number of carboxylic acids is 1. The largest absolute Gasteiger partial charge is 0.481 e. The number of anilines is 1. The van der Waals surface area contributed by atoms with Gasteiger partial charge in [0.1, 0.15) is 4.83 Å². The summed E-state index contributed by atoms with van der Waals surface area (Å²) in [5.41, 5.74) is 0. The Bertz CT molecular complexity index is 719. The Hall–Kier alpha value is -1.67. The third-order valence-corrected chi connectivity index (χ3v) is 6.59. The predicted octanol–water partition coefficient (Wildman–Crippen LogP) is 3.14. The zero-order chi connectivity index (χ0) is 17.3. The van der Waals surface area contributed by atoms with E-state index in [-0.39, 0.29) is 5.91 Å². The van der Waals surface area contributed by atoms with Gasteiger partial charge in [-0.1, -0.05) is 11.3 Å². The van der Waals surface area contributed by atoms with Crippen LogP contribution in [0.25, 0.3) is 9.53 Å². The van der Waals surface area contributed by atoms with E-state index in [0.29, 0.717) is 24.4 Å². The number of carbonyl (C=O) groups is 2. The summed E-state index contributed by atoms with van der Waals surface area (Å²) < 4.78 is 1.03. The molecule has 8 heteroatoms. The number of piperidine rings is 1. The Morgan fingerprint density at radius 2 is 2.12 bits per heavy atom. The Kier molecular flexibility index (Phi) is 5.05. The zero-order valence-corrected chi connectivity index (χ0v) is 15.5. The summed E-state index contributed by atoms with van der Waals surface area (Å²) in [7, 11) is 0. The van der Waals surface area contributed by atoms with Crippen LogP contribution >= 0.6 is 22.7 Å². The van der Waals surface area contributed by atoms with Gasteiger partial charge >= 0.3 is 5.97 Å². The third-order valence-electron chi connectivity index (χ3n) is 4.38. The normalized spacial score (nSPS) is 18.1. The van der Waals surface area contributed by atoms with Crippen LogP contribution < -0.4 is 4.90 Å². The molecule has 2 aromatic heterocycles. The number of carbonyl (C=O) groups excluding carboxylic acids is 1. The maximum atomic E-state index is 12.7. The molecular formula is C16H21N3O3S2. The third kappa shape index (κ3) is 3.25. The molecule has 3 rings (SSSR count). The van der Waals surface area contributed by atoms with E-state index in [1.54, 1.807) is 16.2 Å². The topological polar surface area (TPSA) is 73.7 Å². The van der Waals surface area contributed by atoms with E-state index in [1.807, 2.05) is 6.07 Å². The van der Waals surface area contributed by atoms with Gasteiger partial charge in [0, 0.05) is 26.2 Å². The molecule has 24 heavy (non-hydrogen) atoms. The van der Waals surface area contributed by atoms with Crippen LogP contribution in [0, 0.1) is 5.92 Å². The second-order valence-electron chi connectivity index (χ2n) is 5.88. The van der Waals surface area contributed by atoms with Crippen molar-refractivity contribution in [1.82, 2.24) is 9.88 Å². The van der Waals surface area contributed by atoms with Gasteiger partial charge in [0.25, 0.3) is 5.91 Å². The van der Waals surface area contributed by atoms with Gasteiger partial charge in [-0.2, -0.15) is 0 Å². The second-order valence-corrected chi connectivity index (χ2v) is 7.92. The van der Waals surface area contributed by atoms with Gasteiger partial charge in [-0.25, -0.2) is 4.98 Å². The van der Waals surface area contributed by atoms with Crippen LogP contribution in [-0.4, -0.2) is 53.0 Å². The van der Waals surface area contributed by atoms with Crippen molar-refractivity contribution in [3.63, 3.8) is 0 Å². The minimum Gasteiger partial charge on any atom is -0.481 e. The molecule has 1 amide bonds. The Morgan fingerprint density at radius 1 is 1.38 bits per heavy atom. The number of hydrogen-bond acceptors (Lipinski definition) is 6. The quantitative estimate of drug-likeness (QED) is 0.879. The molecule has 0 spiro atoms. The summed E-state index contributed by atoms with van der Waals surface area (Å²) in [5, 5.41) is 10.2. The van der Waals surface area contributed by atoms with Crippen LogP contribution in [-0.2, 0) is 4.79 Å². The number of hydrogen-bond donors (Lipinski definition) is 1. The summed E-state index contributed by atoms with van der Waals surface area (Å²) in [6.45, 7) is 6.96. The first-order valence-corrected chi connectivity index (χ1v) is 9.84. The van der Waals surface area contributed by atoms with E-state index in [4.69, 9.17) is 0 Å². The monoisotopic (exact) mass is 367 g/mol. The smallest absolute Gasteiger partial charge is 0.308 e. The lowest BCUT2D eigenvalue weighted by Gasteiger charge is -2.30. The molecule has 1 fully saturated rings. The highest BCUT2D eigenvalue weighted by atomic mass is 32.1. The summed E-state index contributed by atoms with van der Waals surface area (Å²) in [6.07, 6.45) is 1.39. The van der Waals surface area contributed by atoms with Crippen molar-refractivity contribution in [2.45, 2.75) is 26.7 Å². The number of amides is 1. The number of likely N-dealkylation sites (tertiary alicyclic amines) is 1. The first-order valence-electron chi connectivity index (χ1n) is 8.20. The number of thiophene rings is 1. The maximum Gasteiger partial charge on any atom is 0.308 e. The number of aliphatic carboxylic acids is 1. The molecule has 1 unspecified atom stereocenters. The van der Waals surface area contributed by atoms with Crippen molar-refractivity contribution < 1.29 is 14.7 Å². The van der Waals surface area contributed by atoms with Crippen molar-refractivity contribution in [3.05, 3.63) is 10.9 Å². The van der Waals surface area contributed by atoms with E-state index >= 15 is 0 Å². The highest BCUT2D eigenvalue weighted by Gasteiger charge is 2.29. The van der Waals surface area contributed by atoms with Gasteiger partial charge < -0.3 is 14.9 Å². The average Bonchev–Trinajstić information content (AvgIpc) is 3.14. The second kappa shape index (κ2) is 7.06. The van der Waals surface area contributed by atoms with E-state index in [2.05, 4.69) is 23.7 Å². The van der Waals surface area contributed by atoms with Crippen molar-refractivity contribution in [2.75, 3.05) is 31.1 Å². The molecule has 0 saturated carbocycles. The Labute approximate surface area is 148 Å². The summed E-state index contributed by atoms with van der Waals surface area (Å²) in [5.74, 6) is -1.33. The lowest BCUT2D eigenvalue weighted by Crippen LogP contribution is -2.42. The van der Waals surface area contributed by atoms with Crippen molar-refractivity contribution >= 4 is 49.2 Å². The predicted molar refractivity (Wildman–Crippen MR) is 97.3 cm³/mol. The van der Waals surface area contributed by atoms with Gasteiger partial charge in [-0.05, 0) is 32.8 Å². The van der Waals surface area contributed by atoms with E-state index < -0.39 is 11.9 Å². The van der Waals surface area contributed by atoms with Crippen molar-refractivity contribution in [3.8, 4) is 0 Å². The number of nitrogens with zero attached hydrogens (tertiary/aromatic N) is 3. The molecule has 1 aliphatic heterocycles. The summed E-state index contributed by atoms with van der Waals surface area (Å²) in [4.78, 5) is 33.9. The summed E-state index contributed by atoms with van der Waals surface area (Å²) >= 11 is 3.01. The minimum absolute atomic E-state index is 0.0689. The van der Waals surface area contributed by atoms with E-state index in [0.717, 1.165) is 34.2 Å². The Balaban J connectivity index is 1.78. The molecule has 1 aliphatic rings. The van der Waals surface area contributed by atoms with E-state index in [1.165, 1.54) is 11.3 Å². The van der Waals surface area contributed by atoms with Crippen molar-refractivity contribution in [2.24, 2.45) is 5.92 Å². The molecule has 1 atom stereocenters. The summed E-state index contributed by atoms with van der Waals surface area (Å²) in [6, 6.07) is 1.90. The van der Waals surface area contributed by atoms with E-state index in [9.17, 15) is 14.7 Å². The van der Waals surface area contributed by atoms with Gasteiger partial charge in [-0.3, -0.25) is 9.59 Å². The van der Waals surface area contributed by atoms with Crippen LogP contribution in [0.15, 0.2) is 6.07 Å². The average molecular weight is 367 g/mol. The molecule has 0 radical (unpaired) electrons. The molecule has 0 bridgehead atoms. The maximum absolute atomic E-state index is 12.7. The van der Waals surface area contributed by atoms with Crippen LogP contribution in [0.2, 0.25) is 0 Å². The molecule has 1 saturated heterocycles. The van der Waals surface area contributed by atoms with Gasteiger partial charge in [0.15, 0.2) is 5.13 Å². The fraction of sp³-hybridized carbons (Fsp3) is 0.562. The zero-order valence-electron chi connectivity index (χ0n) is 13.8. The number of rotatable bonds is 5. The van der Waals surface area contributed by atoms with Gasteiger partial charge in [0.2, 0.25) is 0 Å². The minimum atomic E-state index is -0.815. The van der Waals surface area contributed by atoms with Crippen LogP contribution in [0.5, 0.6) is 0 Å². The van der Waals surface area contributed by atoms with Crippen molar-refractivity contribution in [1.29, 1.82) is 0 Å². The first kappa shape index (κ1) is 17.2.